The highest BCUT2D eigenvalue weighted by atomic mass is 16.3. The monoisotopic (exact) mass is 383 g/mol. The number of carbonyl (C=O) groups excluding carboxylic acids is 2. The van der Waals surface area contributed by atoms with Crippen LogP contribution in [0, 0.1) is 0 Å². The molecule has 0 radical (unpaired) electrons. The minimum absolute atomic E-state index is 0.222. The molecule has 0 rings (SSSR count). The average Bonchev–Trinajstić information content (AvgIpc) is 2.61. The van der Waals surface area contributed by atoms with Crippen molar-refractivity contribution in [2.45, 2.75) is 49.0 Å². The summed E-state index contributed by atoms with van der Waals surface area (Å²) in [6.07, 6.45) is -7.36. The first-order valence-electron chi connectivity index (χ1n) is 7.82. The molecular formula is C13H29N5O8. The van der Waals surface area contributed by atoms with E-state index in [2.05, 4.69) is 10.6 Å². The summed E-state index contributed by atoms with van der Waals surface area (Å²) < 4.78 is 0. The van der Waals surface area contributed by atoms with Crippen molar-refractivity contribution in [3.05, 3.63) is 0 Å². The highest BCUT2D eigenvalue weighted by Gasteiger charge is 2.35. The second-order valence-electron chi connectivity index (χ2n) is 5.81. The highest BCUT2D eigenvalue weighted by Crippen LogP contribution is 2.10. The molecule has 13 heteroatoms. The lowest BCUT2D eigenvalue weighted by molar-refractivity contribution is -0.140. The summed E-state index contributed by atoms with van der Waals surface area (Å²) in [5, 5.41) is 61.2. The van der Waals surface area contributed by atoms with E-state index >= 15 is 0 Å². The van der Waals surface area contributed by atoms with Crippen molar-refractivity contribution in [2.24, 2.45) is 17.2 Å². The van der Waals surface area contributed by atoms with Gasteiger partial charge in [-0.1, -0.05) is 0 Å². The summed E-state index contributed by atoms with van der Waals surface area (Å²) in [4.78, 5) is 23.1. The van der Waals surface area contributed by atoms with Crippen molar-refractivity contribution < 1.29 is 40.2 Å². The topological polar surface area (TPSA) is 258 Å². The van der Waals surface area contributed by atoms with Crippen LogP contribution in [0.5, 0.6) is 0 Å². The summed E-state index contributed by atoms with van der Waals surface area (Å²) in [6, 6.07) is -3.86. The summed E-state index contributed by atoms with van der Waals surface area (Å²) in [5.41, 5.74) is 16.0. The predicted molar refractivity (Wildman–Crippen MR) is 87.9 cm³/mol. The zero-order chi connectivity index (χ0) is 20.4. The van der Waals surface area contributed by atoms with Crippen molar-refractivity contribution in [1.29, 1.82) is 0 Å². The summed E-state index contributed by atoms with van der Waals surface area (Å²) in [7, 11) is 0. The van der Waals surface area contributed by atoms with Crippen LogP contribution in [0.15, 0.2) is 0 Å². The van der Waals surface area contributed by atoms with Gasteiger partial charge in [-0.15, -0.1) is 0 Å². The third-order valence-corrected chi connectivity index (χ3v) is 3.74. The molecule has 26 heavy (non-hydrogen) atoms. The Morgan fingerprint density at radius 2 is 1.58 bits per heavy atom. The third-order valence-electron chi connectivity index (χ3n) is 3.74. The molecule has 0 aliphatic rings. The normalized spacial score (nSPS) is 19.7. The fourth-order valence-electron chi connectivity index (χ4n) is 1.98. The first-order valence-corrected chi connectivity index (χ1v) is 7.82. The van der Waals surface area contributed by atoms with Gasteiger partial charge in [-0.3, -0.25) is 14.9 Å². The highest BCUT2D eigenvalue weighted by molar-refractivity contribution is 5.88. The minimum atomic E-state index is -2.11. The van der Waals surface area contributed by atoms with Crippen molar-refractivity contribution in [1.82, 2.24) is 10.6 Å². The Morgan fingerprint density at radius 1 is 1.00 bits per heavy atom. The van der Waals surface area contributed by atoms with Crippen LogP contribution in [0.3, 0.4) is 0 Å². The zero-order valence-corrected chi connectivity index (χ0v) is 14.1. The lowest BCUT2D eigenvalue weighted by Crippen LogP contribution is -2.59. The maximum Gasteiger partial charge on any atom is 0.252 e. The molecule has 0 aromatic rings. The fourth-order valence-corrected chi connectivity index (χ4v) is 1.98. The van der Waals surface area contributed by atoms with E-state index in [1.54, 1.807) is 0 Å². The number of aliphatic hydroxyl groups excluding tert-OH is 6. The fraction of sp³-hybridized carbons (Fsp3) is 0.846. The number of hydrogen-bond donors (Lipinski definition) is 11. The van der Waals surface area contributed by atoms with Gasteiger partial charge < -0.3 is 53.2 Å². The van der Waals surface area contributed by atoms with Crippen molar-refractivity contribution >= 4 is 11.8 Å². The van der Waals surface area contributed by atoms with Gasteiger partial charge in [0.05, 0.1) is 37.6 Å². The van der Waals surface area contributed by atoms with Crippen LogP contribution in [0.25, 0.3) is 0 Å². The number of nitrogens with one attached hydrogen (secondary N) is 2. The molecule has 4 unspecified atom stereocenters. The van der Waals surface area contributed by atoms with Gasteiger partial charge in [-0.05, 0) is 0 Å². The average molecular weight is 383 g/mol. The van der Waals surface area contributed by atoms with Crippen LogP contribution in [0.4, 0.5) is 0 Å². The number of rotatable bonds is 13. The molecule has 0 aliphatic carbocycles. The minimum Gasteiger partial charge on any atom is -0.395 e. The maximum absolute atomic E-state index is 11.9. The molecule has 0 aromatic carbocycles. The number of nitrogens with two attached hydrogens (primary N) is 3. The van der Waals surface area contributed by atoms with Crippen LogP contribution >= 0.6 is 0 Å². The maximum atomic E-state index is 11.9. The SMILES string of the molecule is NC(=O)C(CNCO)NC(=O)[C@@H](O)[C@H](O)[C@H](N)C(O)CC(O)C(N)CO. The van der Waals surface area contributed by atoms with Gasteiger partial charge in [-0.25, -0.2) is 0 Å². The number of hydrogen-bond acceptors (Lipinski definition) is 11. The molecular weight excluding hydrogens is 354 g/mol. The van der Waals surface area contributed by atoms with Gasteiger partial charge in [0, 0.05) is 13.0 Å². The van der Waals surface area contributed by atoms with Crippen LogP contribution in [0.2, 0.25) is 0 Å². The van der Waals surface area contributed by atoms with Gasteiger partial charge in [0.15, 0.2) is 6.10 Å². The molecule has 0 heterocycles. The van der Waals surface area contributed by atoms with E-state index in [0.717, 1.165) is 0 Å². The summed E-state index contributed by atoms with van der Waals surface area (Å²) in [5.74, 6) is -2.14. The Morgan fingerprint density at radius 3 is 2.04 bits per heavy atom. The van der Waals surface area contributed by atoms with E-state index in [1.807, 2.05) is 0 Å². The van der Waals surface area contributed by atoms with Gasteiger partial charge in [0.1, 0.15) is 12.1 Å². The summed E-state index contributed by atoms with van der Waals surface area (Å²) >= 11 is 0. The number of primary amides is 1. The molecule has 0 fully saturated rings. The van der Waals surface area contributed by atoms with E-state index < -0.39 is 74.1 Å². The Labute approximate surface area is 149 Å². The Balaban J connectivity index is 4.76. The van der Waals surface area contributed by atoms with Gasteiger partial charge >= 0.3 is 0 Å². The van der Waals surface area contributed by atoms with E-state index in [0.29, 0.717) is 0 Å². The lowest BCUT2D eigenvalue weighted by atomic mass is 9.94. The van der Waals surface area contributed by atoms with E-state index in [-0.39, 0.29) is 6.54 Å². The smallest absolute Gasteiger partial charge is 0.252 e. The number of aliphatic hydroxyl groups is 6. The Hall–Kier alpha value is -1.42. The van der Waals surface area contributed by atoms with Crippen LogP contribution in [-0.2, 0) is 9.59 Å². The predicted octanol–water partition coefficient (Wildman–Crippen LogP) is -7.02. The van der Waals surface area contributed by atoms with Gasteiger partial charge in [0.2, 0.25) is 5.91 Å². The Bertz CT molecular complexity index is 443. The second kappa shape index (κ2) is 12.1. The van der Waals surface area contributed by atoms with Crippen molar-refractivity contribution in [2.75, 3.05) is 19.9 Å². The molecule has 0 saturated heterocycles. The first kappa shape index (κ1) is 24.6. The molecule has 13 nitrogen and oxygen atoms in total. The molecule has 0 bridgehead atoms. The molecule has 0 aromatic heterocycles. The summed E-state index contributed by atoms with van der Waals surface area (Å²) in [6.45, 7) is -1.26. The molecule has 154 valence electrons. The molecule has 0 aliphatic heterocycles. The number of amides is 2. The quantitative estimate of drug-likeness (QED) is 0.133. The Kier molecular flexibility index (Phi) is 11.4. The standard InChI is InChI=1S/C13H29N5O8/c14-5(3-19)7(21)1-8(22)9(15)10(23)11(24)13(26)18-6(12(16)25)2-17-4-20/h5-11,17,19-24H,1-4,14-15H2,(H2,16,25)(H,18,26)/t5?,6?,7?,8?,9-,10-,11+/m1/s1. The van der Waals surface area contributed by atoms with Crippen molar-refractivity contribution in [3.8, 4) is 0 Å². The molecule has 14 N–H and O–H groups in total. The van der Waals surface area contributed by atoms with Gasteiger partial charge in [0.25, 0.3) is 5.91 Å². The van der Waals surface area contributed by atoms with Gasteiger partial charge in [-0.2, -0.15) is 0 Å². The van der Waals surface area contributed by atoms with E-state index in [1.165, 1.54) is 0 Å². The largest absolute Gasteiger partial charge is 0.395 e. The molecule has 0 saturated carbocycles. The van der Waals surface area contributed by atoms with Crippen LogP contribution in [0.1, 0.15) is 6.42 Å². The first-order chi connectivity index (χ1) is 12.1. The van der Waals surface area contributed by atoms with E-state index in [9.17, 15) is 30.0 Å². The molecule has 7 atom stereocenters. The number of carbonyl (C=O) groups is 2. The molecule has 0 spiro atoms. The third kappa shape index (κ3) is 7.86. The van der Waals surface area contributed by atoms with Crippen LogP contribution in [-0.4, -0.2) is 105 Å². The zero-order valence-electron chi connectivity index (χ0n) is 14.1. The van der Waals surface area contributed by atoms with Crippen molar-refractivity contribution in [3.63, 3.8) is 0 Å². The second-order valence-corrected chi connectivity index (χ2v) is 5.81. The van der Waals surface area contributed by atoms with E-state index in [4.69, 9.17) is 27.4 Å². The van der Waals surface area contributed by atoms with Crippen LogP contribution < -0.4 is 27.8 Å². The lowest BCUT2D eigenvalue weighted by Gasteiger charge is -2.29. The molecule has 2 amide bonds.